The molecule has 0 aromatic heterocycles. The first-order valence-corrected chi connectivity index (χ1v) is 8.54. The Labute approximate surface area is 141 Å². The lowest BCUT2D eigenvalue weighted by molar-refractivity contribution is -0.122. The minimum Gasteiger partial charge on any atom is -0.370 e. The van der Waals surface area contributed by atoms with Crippen LogP contribution in [0.1, 0.15) is 31.7 Å². The minimum absolute atomic E-state index is 0.134. The Morgan fingerprint density at radius 2 is 1.96 bits per heavy atom. The van der Waals surface area contributed by atoms with Gasteiger partial charge >= 0.3 is 0 Å². The van der Waals surface area contributed by atoms with Crippen LogP contribution in [0, 0.1) is 0 Å². The van der Waals surface area contributed by atoms with Crippen LogP contribution >= 0.6 is 0 Å². The Balaban J connectivity index is 1.84. The lowest BCUT2D eigenvalue weighted by atomic mass is 10.0. The molecule has 1 unspecified atom stereocenters. The number of rotatable bonds is 1. The van der Waals surface area contributed by atoms with Gasteiger partial charge in [-0.2, -0.15) is 0 Å². The van der Waals surface area contributed by atoms with Crippen LogP contribution in [0.25, 0.3) is 0 Å². The number of hydrogen-bond acceptors (Lipinski definition) is 6. The molecular formula is C17H22N6O. The molecule has 3 heterocycles. The number of carbonyl (C=O) groups is 1. The Morgan fingerprint density at radius 1 is 1.21 bits per heavy atom. The number of para-hydroxylation sites is 1. The van der Waals surface area contributed by atoms with Gasteiger partial charge < -0.3 is 15.5 Å². The highest BCUT2D eigenvalue weighted by atomic mass is 16.2. The van der Waals surface area contributed by atoms with Crippen LogP contribution in [0.2, 0.25) is 0 Å². The Hall–Kier alpha value is -2.57. The highest BCUT2D eigenvalue weighted by Gasteiger charge is 2.53. The van der Waals surface area contributed by atoms with Gasteiger partial charge in [-0.25, -0.2) is 9.98 Å². The van der Waals surface area contributed by atoms with Crippen molar-refractivity contribution in [2.45, 2.75) is 31.8 Å². The fourth-order valence-corrected chi connectivity index (χ4v) is 3.73. The first-order valence-electron chi connectivity index (χ1n) is 8.54. The number of fused-ring (bicyclic) bond motifs is 2. The molecule has 1 amide bonds. The molecule has 0 bridgehead atoms. The third kappa shape index (κ3) is 2.07. The number of likely N-dealkylation sites (N-methyl/N-ethyl adjacent to an activating group) is 1. The van der Waals surface area contributed by atoms with Gasteiger partial charge in [0.25, 0.3) is 11.6 Å². The Bertz CT molecular complexity index is 736. The fraction of sp³-hybridized carbons (Fsp3) is 0.471. The van der Waals surface area contributed by atoms with E-state index < -0.39 is 5.66 Å². The van der Waals surface area contributed by atoms with E-state index in [4.69, 9.17) is 10.7 Å². The lowest BCUT2D eigenvalue weighted by Gasteiger charge is -2.34. The minimum atomic E-state index is -1.28. The maximum Gasteiger partial charge on any atom is 0.282 e. The van der Waals surface area contributed by atoms with Crippen LogP contribution < -0.4 is 16.0 Å². The summed E-state index contributed by atoms with van der Waals surface area (Å²) in [6.07, 6.45) is 3.47. The number of piperidine rings is 1. The third-order valence-corrected chi connectivity index (χ3v) is 4.88. The summed E-state index contributed by atoms with van der Waals surface area (Å²) in [5, 5.41) is 3.05. The van der Waals surface area contributed by atoms with Crippen molar-refractivity contribution in [2.24, 2.45) is 15.7 Å². The highest BCUT2D eigenvalue weighted by molar-refractivity contribution is 6.12. The number of nitrogens with zero attached hydrogens (tertiary/aromatic N) is 4. The van der Waals surface area contributed by atoms with E-state index in [2.05, 4.69) is 15.2 Å². The SMILES string of the molecule is CCN1C(=O)C2(N=C(N)NC(N3CCCCC3)=N2)c2ccccc21. The number of likely N-dealkylation sites (tertiary alicyclic amines) is 1. The molecule has 1 aromatic rings. The molecule has 0 saturated carbocycles. The summed E-state index contributed by atoms with van der Waals surface area (Å²) in [5.74, 6) is 0.764. The molecule has 1 atom stereocenters. The van der Waals surface area contributed by atoms with E-state index in [-0.39, 0.29) is 11.9 Å². The van der Waals surface area contributed by atoms with Crippen molar-refractivity contribution >= 4 is 23.5 Å². The van der Waals surface area contributed by atoms with E-state index in [1.54, 1.807) is 4.90 Å². The van der Waals surface area contributed by atoms with Crippen LogP contribution in [0.15, 0.2) is 34.3 Å². The van der Waals surface area contributed by atoms with Crippen molar-refractivity contribution in [1.82, 2.24) is 10.2 Å². The van der Waals surface area contributed by atoms with Gasteiger partial charge in [-0.05, 0) is 32.3 Å². The predicted octanol–water partition coefficient (Wildman–Crippen LogP) is 0.966. The number of benzene rings is 1. The van der Waals surface area contributed by atoms with Gasteiger partial charge in [-0.3, -0.25) is 10.1 Å². The number of hydrogen-bond donors (Lipinski definition) is 2. The van der Waals surface area contributed by atoms with E-state index in [0.29, 0.717) is 12.5 Å². The summed E-state index contributed by atoms with van der Waals surface area (Å²) in [7, 11) is 0. The number of carbonyl (C=O) groups excluding carboxylic acids is 1. The van der Waals surface area contributed by atoms with E-state index >= 15 is 0 Å². The maximum absolute atomic E-state index is 13.2. The van der Waals surface area contributed by atoms with Crippen LogP contribution in [0.3, 0.4) is 0 Å². The first kappa shape index (κ1) is 15.0. The number of amides is 1. The van der Waals surface area contributed by atoms with E-state index in [0.717, 1.165) is 37.2 Å². The zero-order chi connectivity index (χ0) is 16.7. The standard InChI is InChI=1S/C17H22N6O/c1-2-23-13-9-5-4-8-12(13)17(14(23)24)20-15(18)19-16(21-17)22-10-6-3-7-11-22/h4-5,8-9H,2-3,6-7,10-11H2,1H3,(H3,18,19,20,21). The maximum atomic E-state index is 13.2. The first-order chi connectivity index (χ1) is 11.7. The molecule has 3 aliphatic heterocycles. The number of anilines is 1. The van der Waals surface area contributed by atoms with Gasteiger partial charge in [0.05, 0.1) is 5.69 Å². The number of guanidine groups is 2. The molecular weight excluding hydrogens is 304 g/mol. The van der Waals surface area contributed by atoms with Crippen molar-refractivity contribution < 1.29 is 4.79 Å². The monoisotopic (exact) mass is 326 g/mol. The third-order valence-electron chi connectivity index (χ3n) is 4.88. The molecule has 7 heteroatoms. The molecule has 3 N–H and O–H groups in total. The van der Waals surface area contributed by atoms with Crippen molar-refractivity contribution in [3.63, 3.8) is 0 Å². The molecule has 1 saturated heterocycles. The summed E-state index contributed by atoms with van der Waals surface area (Å²) >= 11 is 0. The molecule has 0 aliphatic carbocycles. The summed E-state index contributed by atoms with van der Waals surface area (Å²) in [6, 6.07) is 7.70. The molecule has 1 aromatic carbocycles. The average molecular weight is 326 g/mol. The number of aliphatic imine (C=N–C) groups is 2. The van der Waals surface area contributed by atoms with Crippen molar-refractivity contribution in [2.75, 3.05) is 24.5 Å². The largest absolute Gasteiger partial charge is 0.370 e. The second kappa shape index (κ2) is 5.51. The average Bonchev–Trinajstić information content (AvgIpc) is 2.83. The van der Waals surface area contributed by atoms with Crippen LogP contribution in [0.4, 0.5) is 5.69 Å². The summed E-state index contributed by atoms with van der Waals surface area (Å²) in [5.41, 5.74) is 6.44. The molecule has 0 radical (unpaired) electrons. The smallest absolute Gasteiger partial charge is 0.282 e. The summed E-state index contributed by atoms with van der Waals surface area (Å²) < 4.78 is 0. The summed E-state index contributed by atoms with van der Waals surface area (Å²) in [6.45, 7) is 4.37. The van der Waals surface area contributed by atoms with Crippen LogP contribution in [-0.2, 0) is 10.5 Å². The quantitative estimate of drug-likeness (QED) is 0.805. The van der Waals surface area contributed by atoms with E-state index in [1.807, 2.05) is 31.2 Å². The Morgan fingerprint density at radius 3 is 2.71 bits per heavy atom. The number of nitrogens with one attached hydrogen (secondary N) is 1. The van der Waals surface area contributed by atoms with Gasteiger partial charge in [0, 0.05) is 25.2 Å². The fourth-order valence-electron chi connectivity index (χ4n) is 3.73. The molecule has 126 valence electrons. The van der Waals surface area contributed by atoms with Gasteiger partial charge in [-0.15, -0.1) is 0 Å². The van der Waals surface area contributed by atoms with Crippen molar-refractivity contribution in [3.8, 4) is 0 Å². The number of nitrogens with two attached hydrogens (primary N) is 1. The predicted molar refractivity (Wildman–Crippen MR) is 93.8 cm³/mol. The zero-order valence-corrected chi connectivity index (χ0v) is 13.8. The normalized spacial score (nSPS) is 26.1. The van der Waals surface area contributed by atoms with Gasteiger partial charge in [0.2, 0.25) is 5.96 Å². The zero-order valence-electron chi connectivity index (χ0n) is 13.8. The van der Waals surface area contributed by atoms with Gasteiger partial charge in [0.15, 0.2) is 5.96 Å². The van der Waals surface area contributed by atoms with Crippen molar-refractivity contribution in [1.29, 1.82) is 0 Å². The molecule has 7 nitrogen and oxygen atoms in total. The molecule has 3 aliphatic rings. The van der Waals surface area contributed by atoms with E-state index in [1.165, 1.54) is 6.42 Å². The second-order valence-electron chi connectivity index (χ2n) is 6.34. The van der Waals surface area contributed by atoms with Crippen LogP contribution in [-0.4, -0.2) is 42.4 Å². The molecule has 1 fully saturated rings. The Kier molecular flexibility index (Phi) is 3.44. The lowest BCUT2D eigenvalue weighted by Crippen LogP contribution is -2.55. The molecule has 1 spiro atoms. The topological polar surface area (TPSA) is 86.3 Å². The molecule has 24 heavy (non-hydrogen) atoms. The van der Waals surface area contributed by atoms with Gasteiger partial charge in [-0.1, -0.05) is 18.2 Å². The van der Waals surface area contributed by atoms with Crippen molar-refractivity contribution in [3.05, 3.63) is 29.8 Å². The molecule has 4 rings (SSSR count). The highest BCUT2D eigenvalue weighted by Crippen LogP contribution is 2.44. The van der Waals surface area contributed by atoms with Gasteiger partial charge in [0.1, 0.15) is 0 Å². The summed E-state index contributed by atoms with van der Waals surface area (Å²) in [4.78, 5) is 26.3. The van der Waals surface area contributed by atoms with Crippen LogP contribution in [0.5, 0.6) is 0 Å². The van der Waals surface area contributed by atoms with E-state index in [9.17, 15) is 4.79 Å². The second-order valence-corrected chi connectivity index (χ2v) is 6.34.